The first kappa shape index (κ1) is 14.1. The van der Waals surface area contributed by atoms with Gasteiger partial charge in [-0.15, -0.1) is 0 Å². The summed E-state index contributed by atoms with van der Waals surface area (Å²) in [5.74, 6) is -0.265. The summed E-state index contributed by atoms with van der Waals surface area (Å²) in [6.45, 7) is 1.19. The van der Waals surface area contributed by atoms with E-state index in [0.717, 1.165) is 0 Å². The monoisotopic (exact) mass is 251 g/mol. The standard InChI is InChI=1S/C12H17N3O3/c1-18-9-4-11(16)14-7-8-15-12(17)10-2-5-13-6-3-10/h2-3,5-6H,4,7-9H2,1H3,(H,14,16)(H,15,17). The zero-order chi connectivity index (χ0) is 13.2. The molecule has 1 aromatic heterocycles. The third-order valence-corrected chi connectivity index (χ3v) is 2.21. The summed E-state index contributed by atoms with van der Waals surface area (Å²) in [6, 6.07) is 3.26. The Balaban J connectivity index is 2.15. The molecule has 0 spiro atoms. The number of carbonyl (C=O) groups is 2. The SMILES string of the molecule is COCCC(=O)NCCNC(=O)c1ccncc1. The zero-order valence-corrected chi connectivity index (χ0v) is 10.3. The molecule has 0 unspecified atom stereocenters. The van der Waals surface area contributed by atoms with Crippen LogP contribution in [0.5, 0.6) is 0 Å². The van der Waals surface area contributed by atoms with E-state index in [2.05, 4.69) is 15.6 Å². The Morgan fingerprint density at radius 2 is 1.89 bits per heavy atom. The van der Waals surface area contributed by atoms with Crippen molar-refractivity contribution in [1.29, 1.82) is 0 Å². The fourth-order valence-electron chi connectivity index (χ4n) is 1.27. The van der Waals surface area contributed by atoms with E-state index in [1.165, 1.54) is 0 Å². The second kappa shape index (κ2) is 8.19. The van der Waals surface area contributed by atoms with Gasteiger partial charge < -0.3 is 15.4 Å². The predicted molar refractivity (Wildman–Crippen MR) is 66.1 cm³/mol. The van der Waals surface area contributed by atoms with Gasteiger partial charge in [0.2, 0.25) is 5.91 Å². The minimum absolute atomic E-state index is 0.0880. The van der Waals surface area contributed by atoms with Crippen molar-refractivity contribution < 1.29 is 14.3 Å². The fourth-order valence-corrected chi connectivity index (χ4v) is 1.27. The Labute approximate surface area is 106 Å². The molecule has 6 heteroatoms. The average molecular weight is 251 g/mol. The second-order valence-electron chi connectivity index (χ2n) is 3.58. The number of ether oxygens (including phenoxy) is 1. The van der Waals surface area contributed by atoms with E-state index in [4.69, 9.17) is 4.74 Å². The first-order chi connectivity index (χ1) is 8.74. The Morgan fingerprint density at radius 3 is 2.56 bits per heavy atom. The van der Waals surface area contributed by atoms with Gasteiger partial charge in [0.25, 0.3) is 5.91 Å². The zero-order valence-electron chi connectivity index (χ0n) is 10.3. The number of methoxy groups -OCH3 is 1. The molecule has 0 bridgehead atoms. The molecule has 0 saturated heterocycles. The molecule has 6 nitrogen and oxygen atoms in total. The highest BCUT2D eigenvalue weighted by Gasteiger charge is 2.04. The van der Waals surface area contributed by atoms with Gasteiger partial charge in [-0.25, -0.2) is 0 Å². The van der Waals surface area contributed by atoms with E-state index < -0.39 is 0 Å². The number of aromatic nitrogens is 1. The number of amides is 2. The molecule has 2 N–H and O–H groups in total. The van der Waals surface area contributed by atoms with E-state index in [1.807, 2.05) is 0 Å². The van der Waals surface area contributed by atoms with Crippen LogP contribution in [0.2, 0.25) is 0 Å². The van der Waals surface area contributed by atoms with Crippen LogP contribution in [-0.4, -0.2) is 43.6 Å². The summed E-state index contributed by atoms with van der Waals surface area (Å²) in [7, 11) is 1.54. The highest BCUT2D eigenvalue weighted by molar-refractivity contribution is 5.93. The van der Waals surface area contributed by atoms with Crippen molar-refractivity contribution in [1.82, 2.24) is 15.6 Å². The van der Waals surface area contributed by atoms with E-state index in [9.17, 15) is 9.59 Å². The lowest BCUT2D eigenvalue weighted by Crippen LogP contribution is -2.34. The van der Waals surface area contributed by atoms with Gasteiger partial charge in [0.05, 0.1) is 6.61 Å². The van der Waals surface area contributed by atoms with Crippen LogP contribution in [0, 0.1) is 0 Å². The summed E-state index contributed by atoms with van der Waals surface area (Å²) < 4.78 is 4.78. The quantitative estimate of drug-likeness (QED) is 0.667. The molecular weight excluding hydrogens is 234 g/mol. The van der Waals surface area contributed by atoms with Crippen LogP contribution in [0.15, 0.2) is 24.5 Å². The minimum Gasteiger partial charge on any atom is -0.384 e. The van der Waals surface area contributed by atoms with Crippen molar-refractivity contribution in [2.75, 3.05) is 26.8 Å². The first-order valence-electron chi connectivity index (χ1n) is 5.68. The molecule has 2 amide bonds. The Hall–Kier alpha value is -1.95. The summed E-state index contributed by atoms with van der Waals surface area (Å²) >= 11 is 0. The summed E-state index contributed by atoms with van der Waals surface area (Å²) in [6.07, 6.45) is 3.44. The molecule has 0 atom stereocenters. The molecule has 0 radical (unpaired) electrons. The maximum Gasteiger partial charge on any atom is 0.251 e. The molecule has 98 valence electrons. The van der Waals surface area contributed by atoms with Crippen LogP contribution in [0.25, 0.3) is 0 Å². The van der Waals surface area contributed by atoms with E-state index in [1.54, 1.807) is 31.6 Å². The maximum absolute atomic E-state index is 11.6. The van der Waals surface area contributed by atoms with Crippen LogP contribution in [-0.2, 0) is 9.53 Å². The Morgan fingerprint density at radius 1 is 1.22 bits per heavy atom. The molecule has 0 aliphatic rings. The van der Waals surface area contributed by atoms with E-state index in [-0.39, 0.29) is 11.8 Å². The normalized spacial score (nSPS) is 9.83. The minimum atomic E-state index is -0.177. The number of nitrogens with one attached hydrogen (secondary N) is 2. The molecule has 0 saturated carbocycles. The summed E-state index contributed by atoms with van der Waals surface area (Å²) in [5, 5.41) is 5.38. The topological polar surface area (TPSA) is 80.3 Å². The van der Waals surface area contributed by atoms with Crippen LogP contribution in [0.1, 0.15) is 16.8 Å². The van der Waals surface area contributed by atoms with Crippen molar-refractivity contribution in [3.63, 3.8) is 0 Å². The lowest BCUT2D eigenvalue weighted by Gasteiger charge is -2.06. The molecular formula is C12H17N3O3. The third-order valence-electron chi connectivity index (χ3n) is 2.21. The fraction of sp³-hybridized carbons (Fsp3) is 0.417. The van der Waals surface area contributed by atoms with Crippen LogP contribution in [0.4, 0.5) is 0 Å². The molecule has 0 aromatic carbocycles. The average Bonchev–Trinajstić information content (AvgIpc) is 2.42. The number of nitrogens with zero attached hydrogens (tertiary/aromatic N) is 1. The number of hydrogen-bond donors (Lipinski definition) is 2. The Kier molecular flexibility index (Phi) is 6.42. The summed E-state index contributed by atoms with van der Waals surface area (Å²) in [5.41, 5.74) is 0.552. The summed E-state index contributed by atoms with van der Waals surface area (Å²) in [4.78, 5) is 26.6. The number of rotatable bonds is 7. The first-order valence-corrected chi connectivity index (χ1v) is 5.68. The van der Waals surface area contributed by atoms with Gasteiger partial charge in [-0.2, -0.15) is 0 Å². The van der Waals surface area contributed by atoms with Crippen molar-refractivity contribution in [3.8, 4) is 0 Å². The van der Waals surface area contributed by atoms with Gasteiger partial charge in [-0.3, -0.25) is 14.6 Å². The van der Waals surface area contributed by atoms with E-state index >= 15 is 0 Å². The molecule has 1 rings (SSSR count). The lowest BCUT2D eigenvalue weighted by atomic mass is 10.2. The highest BCUT2D eigenvalue weighted by Crippen LogP contribution is 1.94. The van der Waals surface area contributed by atoms with Crippen LogP contribution >= 0.6 is 0 Å². The molecule has 0 aliphatic heterocycles. The molecule has 18 heavy (non-hydrogen) atoms. The Bertz CT molecular complexity index is 381. The van der Waals surface area contributed by atoms with Gasteiger partial charge in [-0.1, -0.05) is 0 Å². The van der Waals surface area contributed by atoms with Gasteiger partial charge >= 0.3 is 0 Å². The van der Waals surface area contributed by atoms with Crippen LogP contribution in [0.3, 0.4) is 0 Å². The second-order valence-corrected chi connectivity index (χ2v) is 3.58. The molecule has 0 aliphatic carbocycles. The van der Waals surface area contributed by atoms with E-state index in [0.29, 0.717) is 31.7 Å². The molecule has 1 aromatic rings. The van der Waals surface area contributed by atoms with Crippen molar-refractivity contribution in [2.45, 2.75) is 6.42 Å². The molecule has 1 heterocycles. The van der Waals surface area contributed by atoms with Gasteiger partial charge in [-0.05, 0) is 12.1 Å². The van der Waals surface area contributed by atoms with Crippen molar-refractivity contribution >= 4 is 11.8 Å². The number of carbonyl (C=O) groups excluding carboxylic acids is 2. The van der Waals surface area contributed by atoms with Gasteiger partial charge in [0, 0.05) is 44.6 Å². The number of hydrogen-bond acceptors (Lipinski definition) is 4. The third kappa shape index (κ3) is 5.40. The molecule has 0 fully saturated rings. The largest absolute Gasteiger partial charge is 0.384 e. The number of pyridine rings is 1. The van der Waals surface area contributed by atoms with Gasteiger partial charge in [0.15, 0.2) is 0 Å². The lowest BCUT2D eigenvalue weighted by molar-refractivity contribution is -0.121. The predicted octanol–water partition coefficient (Wildman–Crippen LogP) is -0.0359. The van der Waals surface area contributed by atoms with Gasteiger partial charge in [0.1, 0.15) is 0 Å². The highest BCUT2D eigenvalue weighted by atomic mass is 16.5. The van der Waals surface area contributed by atoms with Crippen molar-refractivity contribution in [3.05, 3.63) is 30.1 Å². The maximum atomic E-state index is 11.6. The smallest absolute Gasteiger partial charge is 0.251 e. The van der Waals surface area contributed by atoms with Crippen LogP contribution < -0.4 is 10.6 Å². The van der Waals surface area contributed by atoms with Crippen molar-refractivity contribution in [2.24, 2.45) is 0 Å².